The highest BCUT2D eigenvalue weighted by molar-refractivity contribution is 7.27. The van der Waals surface area contributed by atoms with E-state index in [-0.39, 0.29) is 0 Å². The molecule has 1 aliphatic rings. The molecule has 0 saturated heterocycles. The van der Waals surface area contributed by atoms with Crippen LogP contribution in [0.3, 0.4) is 0 Å². The molecule has 11 aromatic rings. The maximum absolute atomic E-state index is 6.49. The lowest BCUT2D eigenvalue weighted by Gasteiger charge is -2.33. The topological polar surface area (TPSA) is 28.7 Å². The van der Waals surface area contributed by atoms with Crippen molar-refractivity contribution in [1.82, 2.24) is 0 Å². The Hall–Kier alpha value is -8.05. The third-order valence-electron chi connectivity index (χ3n) is 13.0. The summed E-state index contributed by atoms with van der Waals surface area (Å²) in [5, 5.41) is 4.74. The fourth-order valence-electron chi connectivity index (χ4n) is 10.2. The van der Waals surface area contributed by atoms with E-state index in [0.29, 0.717) is 0 Å². The first-order valence-electron chi connectivity index (χ1n) is 22.1. The van der Waals surface area contributed by atoms with Gasteiger partial charge in [-0.1, -0.05) is 182 Å². The van der Waals surface area contributed by atoms with Crippen molar-refractivity contribution in [3.8, 4) is 22.3 Å². The quantitative estimate of drug-likeness (QED) is 0.107. The van der Waals surface area contributed by atoms with Gasteiger partial charge in [0.15, 0.2) is 0 Å². The van der Waals surface area contributed by atoms with Crippen LogP contribution in [0.1, 0.15) is 29.2 Å². The van der Waals surface area contributed by atoms with Crippen molar-refractivity contribution in [2.45, 2.75) is 12.3 Å². The number of benzene rings is 9. The summed E-state index contributed by atoms with van der Waals surface area (Å²) in [6, 6.07) is 76.4. The Balaban J connectivity index is 1.07. The molecule has 4 heteroatoms. The first kappa shape index (κ1) is 38.6. The van der Waals surface area contributed by atoms with Gasteiger partial charge in [0.2, 0.25) is 0 Å². The van der Waals surface area contributed by atoms with Crippen LogP contribution in [-0.2, 0) is 5.41 Å². The smallest absolute Gasteiger partial charge is 0.143 e. The number of hydrogen-bond acceptors (Lipinski definition) is 4. The number of fused-ring (bicyclic) bond motifs is 10. The minimum Gasteiger partial charge on any atom is -0.455 e. The van der Waals surface area contributed by atoms with Gasteiger partial charge in [-0.3, -0.25) is 4.99 Å². The minimum absolute atomic E-state index is 0.470. The number of furan rings is 1. The molecule has 65 heavy (non-hydrogen) atoms. The van der Waals surface area contributed by atoms with Crippen LogP contribution in [0.4, 0.5) is 17.1 Å². The van der Waals surface area contributed by atoms with Crippen molar-refractivity contribution >= 4 is 76.7 Å². The molecule has 0 bridgehead atoms. The first-order chi connectivity index (χ1) is 32.2. The van der Waals surface area contributed by atoms with Gasteiger partial charge in [-0.25, -0.2) is 0 Å². The fraction of sp³-hybridized carbons (Fsp3) is 0.0328. The predicted octanol–water partition coefficient (Wildman–Crippen LogP) is 17.0. The summed E-state index contributed by atoms with van der Waals surface area (Å²) in [4.78, 5) is 7.23. The Labute approximate surface area is 382 Å². The van der Waals surface area contributed by atoms with Crippen molar-refractivity contribution < 1.29 is 4.42 Å². The second-order valence-corrected chi connectivity index (χ2v) is 17.5. The van der Waals surface area contributed by atoms with E-state index < -0.39 is 5.41 Å². The molecule has 0 N–H and O–H groups in total. The van der Waals surface area contributed by atoms with E-state index in [0.717, 1.165) is 55.8 Å². The molecule has 0 unspecified atom stereocenters. The Morgan fingerprint density at radius 1 is 0.538 bits per heavy atom. The van der Waals surface area contributed by atoms with Gasteiger partial charge in [0.05, 0.1) is 21.5 Å². The number of thiophene rings is 1. The van der Waals surface area contributed by atoms with Gasteiger partial charge in [0.25, 0.3) is 0 Å². The Bertz CT molecular complexity index is 3610. The van der Waals surface area contributed by atoms with Gasteiger partial charge in [-0.2, -0.15) is 0 Å². The lowest BCUT2D eigenvalue weighted by molar-refractivity contribution is 0.670. The fourth-order valence-corrected chi connectivity index (χ4v) is 11.6. The lowest BCUT2D eigenvalue weighted by Crippen LogP contribution is -2.28. The number of aliphatic imine (C=N–C) groups is 1. The van der Waals surface area contributed by atoms with Crippen molar-refractivity contribution in [2.75, 3.05) is 4.90 Å². The number of rotatable bonds is 9. The van der Waals surface area contributed by atoms with Crippen molar-refractivity contribution in [3.05, 3.63) is 259 Å². The second kappa shape index (κ2) is 15.9. The van der Waals surface area contributed by atoms with E-state index in [1.807, 2.05) is 60.0 Å². The standard InChI is InChI=1S/C61H42N2OS/c1-2-18-45(39-40-62-44-23-10-5-11-24-44)63(46-35-33-41(34-36-46)47-27-16-28-49-48-25-13-15-32-56(48)64-58(47)49)55-31-17-29-50-51-37-38-54-57(60(51)65-59(50)55)52-26-12-14-30-53(52)61(54,42-19-6-3-7-20-42)43-21-8-4-9-22-43/h2-40H,1H3/b18-2-,45-39+,62-40+. The summed E-state index contributed by atoms with van der Waals surface area (Å²) in [7, 11) is 0. The van der Waals surface area contributed by atoms with E-state index in [1.165, 1.54) is 53.6 Å². The van der Waals surface area contributed by atoms with Crippen LogP contribution in [0.2, 0.25) is 0 Å². The average Bonchev–Trinajstić information content (AvgIpc) is 4.04. The van der Waals surface area contributed by atoms with E-state index in [1.54, 1.807) is 0 Å². The number of nitrogens with zero attached hydrogens (tertiary/aromatic N) is 2. The largest absolute Gasteiger partial charge is 0.455 e. The number of anilines is 2. The normalized spacial score (nSPS) is 13.4. The monoisotopic (exact) mass is 850 g/mol. The number of hydrogen-bond donors (Lipinski definition) is 0. The molecule has 2 heterocycles. The van der Waals surface area contributed by atoms with Gasteiger partial charge in [0, 0.05) is 55.0 Å². The van der Waals surface area contributed by atoms with E-state index in [2.05, 4.69) is 200 Å². The third kappa shape index (κ3) is 6.21. The van der Waals surface area contributed by atoms with Crippen LogP contribution in [0, 0.1) is 0 Å². The highest BCUT2D eigenvalue weighted by Crippen LogP contribution is 2.59. The molecule has 3 nitrogen and oxygen atoms in total. The highest BCUT2D eigenvalue weighted by Gasteiger charge is 2.46. The van der Waals surface area contributed by atoms with E-state index in [9.17, 15) is 0 Å². The summed E-state index contributed by atoms with van der Waals surface area (Å²) in [5.74, 6) is 0. The SMILES string of the molecule is C\C=C/C(=C\C=N\c1ccccc1)N(c1ccc(-c2cccc3c2oc2ccccc23)cc1)c1cccc2c1sc1c3c(ccc12)C(c1ccccc1)(c1ccccc1)c1ccccc1-3. The summed E-state index contributed by atoms with van der Waals surface area (Å²) < 4.78 is 9.00. The van der Waals surface area contributed by atoms with E-state index >= 15 is 0 Å². The molecule has 2 aromatic heterocycles. The molecule has 0 spiro atoms. The van der Waals surface area contributed by atoms with Gasteiger partial charge in [-0.15, -0.1) is 11.3 Å². The summed E-state index contributed by atoms with van der Waals surface area (Å²) in [5.41, 5.74) is 15.3. The second-order valence-electron chi connectivity index (χ2n) is 16.5. The van der Waals surface area contributed by atoms with Crippen LogP contribution < -0.4 is 4.90 Å². The molecule has 9 aromatic carbocycles. The molecule has 12 rings (SSSR count). The zero-order valence-corrected chi connectivity index (χ0v) is 36.5. The predicted molar refractivity (Wildman–Crippen MR) is 275 cm³/mol. The summed E-state index contributed by atoms with van der Waals surface area (Å²) >= 11 is 1.89. The lowest BCUT2D eigenvalue weighted by atomic mass is 9.68. The number of para-hydroxylation sites is 3. The zero-order valence-electron chi connectivity index (χ0n) is 35.7. The van der Waals surface area contributed by atoms with Gasteiger partial charge in [-0.05, 0) is 88.9 Å². The van der Waals surface area contributed by atoms with E-state index in [4.69, 9.17) is 9.41 Å². The van der Waals surface area contributed by atoms with Crippen molar-refractivity contribution in [3.63, 3.8) is 0 Å². The van der Waals surface area contributed by atoms with Crippen molar-refractivity contribution in [2.24, 2.45) is 4.99 Å². The molecule has 0 fully saturated rings. The molecule has 1 aliphatic carbocycles. The zero-order chi connectivity index (χ0) is 43.3. The minimum atomic E-state index is -0.470. The highest BCUT2D eigenvalue weighted by atomic mass is 32.1. The Morgan fingerprint density at radius 2 is 1.17 bits per heavy atom. The Morgan fingerprint density at radius 3 is 1.94 bits per heavy atom. The van der Waals surface area contributed by atoms with Crippen LogP contribution in [0.25, 0.3) is 64.4 Å². The Kier molecular flexibility index (Phi) is 9.47. The summed E-state index contributed by atoms with van der Waals surface area (Å²) in [6.07, 6.45) is 8.31. The van der Waals surface area contributed by atoms with Crippen LogP contribution in [0.15, 0.2) is 246 Å². The molecule has 308 valence electrons. The molecule has 0 amide bonds. The molecule has 0 saturated carbocycles. The molecule has 0 atom stereocenters. The van der Waals surface area contributed by atoms with Crippen molar-refractivity contribution in [1.29, 1.82) is 0 Å². The maximum Gasteiger partial charge on any atom is 0.143 e. The summed E-state index contributed by atoms with van der Waals surface area (Å²) in [6.45, 7) is 2.07. The molecular formula is C61H42N2OS. The van der Waals surface area contributed by atoms with Crippen LogP contribution in [0.5, 0.6) is 0 Å². The average molecular weight is 851 g/mol. The molecule has 0 aliphatic heterocycles. The van der Waals surface area contributed by atoms with Gasteiger partial charge in [0.1, 0.15) is 11.2 Å². The number of allylic oxidation sites excluding steroid dienone is 3. The van der Waals surface area contributed by atoms with Crippen LogP contribution in [-0.4, -0.2) is 6.21 Å². The molecular weight excluding hydrogens is 809 g/mol. The van der Waals surface area contributed by atoms with Gasteiger partial charge < -0.3 is 9.32 Å². The first-order valence-corrected chi connectivity index (χ1v) is 23.0. The van der Waals surface area contributed by atoms with Crippen LogP contribution >= 0.6 is 11.3 Å². The molecule has 0 radical (unpaired) electrons. The maximum atomic E-state index is 6.49. The third-order valence-corrected chi connectivity index (χ3v) is 14.2. The van der Waals surface area contributed by atoms with Gasteiger partial charge >= 0.3 is 0 Å².